The van der Waals surface area contributed by atoms with Crippen molar-refractivity contribution in [3.05, 3.63) is 34.9 Å². The van der Waals surface area contributed by atoms with E-state index in [0.29, 0.717) is 5.56 Å². The monoisotopic (exact) mass is 191 g/mol. The molecule has 0 aliphatic carbocycles. The molecule has 74 valence electrons. The van der Waals surface area contributed by atoms with Crippen LogP contribution in [0.3, 0.4) is 0 Å². The molecule has 0 amide bonds. The van der Waals surface area contributed by atoms with Crippen LogP contribution in [0.15, 0.2) is 18.2 Å². The Morgan fingerprint density at radius 1 is 1.57 bits per heavy atom. The van der Waals surface area contributed by atoms with E-state index in [4.69, 9.17) is 5.11 Å². The van der Waals surface area contributed by atoms with Crippen molar-refractivity contribution < 1.29 is 9.90 Å². The third-order valence-electron chi connectivity index (χ3n) is 2.73. The maximum Gasteiger partial charge on any atom is 0.335 e. The molecule has 1 aliphatic heterocycles. The minimum absolute atomic E-state index is 0.262. The summed E-state index contributed by atoms with van der Waals surface area (Å²) in [5.41, 5.74) is 2.57. The fraction of sp³-hybridized carbons (Fsp3) is 0.364. The van der Waals surface area contributed by atoms with Crippen molar-refractivity contribution in [2.45, 2.75) is 19.4 Å². The molecule has 1 atom stereocenters. The van der Waals surface area contributed by atoms with Gasteiger partial charge in [0, 0.05) is 6.04 Å². The third-order valence-corrected chi connectivity index (χ3v) is 2.73. The number of fused-ring (bicyclic) bond motifs is 1. The highest BCUT2D eigenvalue weighted by Gasteiger charge is 2.20. The lowest BCUT2D eigenvalue weighted by molar-refractivity contribution is 0.0695. The largest absolute Gasteiger partial charge is 0.478 e. The summed E-state index contributed by atoms with van der Waals surface area (Å²) in [4.78, 5) is 11.0. The van der Waals surface area contributed by atoms with Crippen molar-refractivity contribution in [3.63, 3.8) is 0 Å². The van der Waals surface area contributed by atoms with Crippen LogP contribution in [-0.4, -0.2) is 17.6 Å². The molecule has 1 heterocycles. The topological polar surface area (TPSA) is 49.3 Å². The molecule has 1 aromatic carbocycles. The number of carbonyl (C=O) groups is 1. The first-order valence-electron chi connectivity index (χ1n) is 4.78. The van der Waals surface area contributed by atoms with Crippen LogP contribution in [-0.2, 0) is 6.42 Å². The molecule has 1 aliphatic rings. The normalized spacial score (nSPS) is 20.2. The van der Waals surface area contributed by atoms with Crippen molar-refractivity contribution in [2.24, 2.45) is 0 Å². The van der Waals surface area contributed by atoms with Crippen LogP contribution >= 0.6 is 0 Å². The average Bonchev–Trinajstić information content (AvgIpc) is 2.17. The van der Waals surface area contributed by atoms with Gasteiger partial charge >= 0.3 is 5.97 Å². The smallest absolute Gasteiger partial charge is 0.335 e. The van der Waals surface area contributed by atoms with Crippen LogP contribution in [0.5, 0.6) is 0 Å². The van der Waals surface area contributed by atoms with E-state index in [1.165, 1.54) is 0 Å². The Balaban J connectivity index is 2.55. The van der Waals surface area contributed by atoms with Gasteiger partial charge in [-0.1, -0.05) is 12.1 Å². The fourth-order valence-corrected chi connectivity index (χ4v) is 2.01. The van der Waals surface area contributed by atoms with Gasteiger partial charge in [0.2, 0.25) is 0 Å². The summed E-state index contributed by atoms with van der Waals surface area (Å²) in [6, 6.07) is 5.75. The van der Waals surface area contributed by atoms with Gasteiger partial charge in [0.05, 0.1) is 5.56 Å². The molecular formula is C11H13NO2. The lowest BCUT2D eigenvalue weighted by Gasteiger charge is -2.24. The van der Waals surface area contributed by atoms with E-state index in [1.54, 1.807) is 6.07 Å². The van der Waals surface area contributed by atoms with Crippen LogP contribution in [0.2, 0.25) is 0 Å². The van der Waals surface area contributed by atoms with Gasteiger partial charge in [0.25, 0.3) is 0 Å². The van der Waals surface area contributed by atoms with Gasteiger partial charge in [-0.3, -0.25) is 0 Å². The summed E-state index contributed by atoms with van der Waals surface area (Å²) < 4.78 is 0. The lowest BCUT2D eigenvalue weighted by atomic mass is 9.91. The zero-order valence-corrected chi connectivity index (χ0v) is 8.08. The molecule has 0 spiro atoms. The summed E-state index contributed by atoms with van der Waals surface area (Å²) in [6.45, 7) is 2.92. The molecule has 14 heavy (non-hydrogen) atoms. The van der Waals surface area contributed by atoms with E-state index in [2.05, 4.69) is 12.2 Å². The highest BCUT2D eigenvalue weighted by Crippen LogP contribution is 2.25. The van der Waals surface area contributed by atoms with Gasteiger partial charge in [0.1, 0.15) is 0 Å². The van der Waals surface area contributed by atoms with Crippen LogP contribution < -0.4 is 5.32 Å². The molecule has 3 heteroatoms. The standard InChI is InChI=1S/C11H13NO2/c1-7-8-3-2-4-10(11(13)14)9(8)5-6-12-7/h2-4,7,12H,5-6H2,1H3,(H,13,14)/t7-/m1/s1. The van der Waals surface area contributed by atoms with Crippen molar-refractivity contribution >= 4 is 5.97 Å². The number of hydrogen-bond acceptors (Lipinski definition) is 2. The molecule has 0 fully saturated rings. The molecule has 0 saturated heterocycles. The second kappa shape index (κ2) is 3.42. The van der Waals surface area contributed by atoms with Crippen molar-refractivity contribution in [2.75, 3.05) is 6.54 Å². The van der Waals surface area contributed by atoms with E-state index in [-0.39, 0.29) is 6.04 Å². The van der Waals surface area contributed by atoms with E-state index in [0.717, 1.165) is 24.1 Å². The Labute approximate surface area is 82.8 Å². The van der Waals surface area contributed by atoms with Crippen molar-refractivity contribution in [1.29, 1.82) is 0 Å². The van der Waals surface area contributed by atoms with Gasteiger partial charge in [-0.15, -0.1) is 0 Å². The van der Waals surface area contributed by atoms with Gasteiger partial charge in [-0.05, 0) is 37.1 Å². The molecule has 0 saturated carbocycles. The van der Waals surface area contributed by atoms with Crippen LogP contribution in [0.4, 0.5) is 0 Å². The number of carboxylic acids is 1. The Morgan fingerprint density at radius 2 is 2.36 bits per heavy atom. The molecule has 2 N–H and O–H groups in total. The molecular weight excluding hydrogens is 178 g/mol. The first kappa shape index (κ1) is 9.21. The molecule has 2 rings (SSSR count). The maximum absolute atomic E-state index is 11.0. The van der Waals surface area contributed by atoms with Crippen molar-refractivity contribution in [3.8, 4) is 0 Å². The molecule has 3 nitrogen and oxygen atoms in total. The first-order valence-corrected chi connectivity index (χ1v) is 4.78. The van der Waals surface area contributed by atoms with E-state index in [1.807, 2.05) is 12.1 Å². The fourth-order valence-electron chi connectivity index (χ4n) is 2.01. The summed E-state index contributed by atoms with van der Waals surface area (Å²) >= 11 is 0. The van der Waals surface area contributed by atoms with E-state index < -0.39 is 5.97 Å². The summed E-state index contributed by atoms with van der Waals surface area (Å²) in [5, 5.41) is 12.3. The van der Waals surface area contributed by atoms with Crippen LogP contribution in [0.1, 0.15) is 34.5 Å². The number of hydrogen-bond donors (Lipinski definition) is 2. The minimum Gasteiger partial charge on any atom is -0.478 e. The highest BCUT2D eigenvalue weighted by molar-refractivity contribution is 5.90. The van der Waals surface area contributed by atoms with Gasteiger partial charge in [-0.25, -0.2) is 4.79 Å². The molecule has 0 radical (unpaired) electrons. The molecule has 0 bridgehead atoms. The SMILES string of the molecule is C[C@H]1NCCc2c(C(=O)O)cccc21. The zero-order valence-electron chi connectivity index (χ0n) is 8.08. The van der Waals surface area contributed by atoms with Gasteiger partial charge < -0.3 is 10.4 Å². The van der Waals surface area contributed by atoms with Crippen molar-refractivity contribution in [1.82, 2.24) is 5.32 Å². The lowest BCUT2D eigenvalue weighted by Crippen LogP contribution is -2.29. The predicted octanol–water partition coefficient (Wildman–Crippen LogP) is 1.59. The summed E-state index contributed by atoms with van der Waals surface area (Å²) in [6.07, 6.45) is 0.808. The molecule has 0 aromatic heterocycles. The molecule has 0 unspecified atom stereocenters. The first-order chi connectivity index (χ1) is 6.70. The minimum atomic E-state index is -0.823. The Bertz CT molecular complexity index is 374. The second-order valence-corrected chi connectivity index (χ2v) is 3.60. The maximum atomic E-state index is 11.0. The zero-order chi connectivity index (χ0) is 10.1. The van der Waals surface area contributed by atoms with E-state index in [9.17, 15) is 4.79 Å². The number of nitrogens with one attached hydrogen (secondary N) is 1. The molecule has 1 aromatic rings. The number of benzene rings is 1. The quantitative estimate of drug-likeness (QED) is 0.708. The predicted molar refractivity (Wildman–Crippen MR) is 53.5 cm³/mol. The Hall–Kier alpha value is -1.35. The average molecular weight is 191 g/mol. The highest BCUT2D eigenvalue weighted by atomic mass is 16.4. The Morgan fingerprint density at radius 3 is 3.07 bits per heavy atom. The second-order valence-electron chi connectivity index (χ2n) is 3.60. The number of aromatic carboxylic acids is 1. The Kier molecular flexibility index (Phi) is 2.25. The summed E-state index contributed by atoms with van der Waals surface area (Å²) in [7, 11) is 0. The van der Waals surface area contributed by atoms with Crippen LogP contribution in [0, 0.1) is 0 Å². The van der Waals surface area contributed by atoms with Crippen LogP contribution in [0.25, 0.3) is 0 Å². The summed E-state index contributed by atoms with van der Waals surface area (Å²) in [5.74, 6) is -0.823. The van der Waals surface area contributed by atoms with Gasteiger partial charge in [-0.2, -0.15) is 0 Å². The number of rotatable bonds is 1. The van der Waals surface area contributed by atoms with Gasteiger partial charge in [0.15, 0.2) is 0 Å². The van der Waals surface area contributed by atoms with E-state index >= 15 is 0 Å². The number of carboxylic acid groups (broad SMARTS) is 1. The third kappa shape index (κ3) is 1.40.